The number of benzene rings is 2. The minimum atomic E-state index is -0.993. The Kier molecular flexibility index (Phi) is 9.21. The van der Waals surface area contributed by atoms with Crippen molar-refractivity contribution in [1.29, 1.82) is 0 Å². The minimum Gasteiger partial charge on any atom is -0.444 e. The van der Waals surface area contributed by atoms with Crippen molar-refractivity contribution in [3.63, 3.8) is 0 Å². The second kappa shape index (κ2) is 12.7. The summed E-state index contributed by atoms with van der Waals surface area (Å²) in [6.45, 7) is 9.14. The highest BCUT2D eigenvalue weighted by molar-refractivity contribution is 6.31. The first-order valence-corrected chi connectivity index (χ1v) is 14.1. The fraction of sp³-hybridized carbons (Fsp3) is 0.312. The maximum absolute atomic E-state index is 13.5. The third kappa shape index (κ3) is 7.88. The van der Waals surface area contributed by atoms with Gasteiger partial charge in [-0.05, 0) is 87.7 Å². The SMILES string of the molecule is CC(C)n1cc(-c2ccc(Cl)c(CC(NC(=O)OC(C)(C)C)C(=O)Nc3ccc(-c4ccn(C)n4)cc3)c2)ccc1=O. The van der Waals surface area contributed by atoms with Gasteiger partial charge in [-0.3, -0.25) is 14.3 Å². The molecule has 42 heavy (non-hydrogen) atoms. The van der Waals surface area contributed by atoms with Crippen LogP contribution in [0.25, 0.3) is 22.4 Å². The van der Waals surface area contributed by atoms with Crippen molar-refractivity contribution in [2.24, 2.45) is 7.05 Å². The highest BCUT2D eigenvalue weighted by Gasteiger charge is 2.26. The third-order valence-corrected chi connectivity index (χ3v) is 6.84. The largest absolute Gasteiger partial charge is 0.444 e. The van der Waals surface area contributed by atoms with Crippen LogP contribution in [0.1, 0.15) is 46.2 Å². The smallest absolute Gasteiger partial charge is 0.408 e. The summed E-state index contributed by atoms with van der Waals surface area (Å²) in [5, 5.41) is 10.4. The third-order valence-electron chi connectivity index (χ3n) is 6.47. The summed E-state index contributed by atoms with van der Waals surface area (Å²) in [5.41, 5.74) is 3.76. The molecule has 2 aromatic heterocycles. The minimum absolute atomic E-state index is 0.00616. The molecule has 9 nitrogen and oxygen atoms in total. The number of pyridine rings is 1. The number of nitrogens with one attached hydrogen (secondary N) is 2. The second-order valence-electron chi connectivity index (χ2n) is 11.4. The summed E-state index contributed by atoms with van der Waals surface area (Å²) in [7, 11) is 1.85. The summed E-state index contributed by atoms with van der Waals surface area (Å²) in [6.07, 6.45) is 3.05. The maximum Gasteiger partial charge on any atom is 0.408 e. The molecule has 0 saturated carbocycles. The molecule has 0 radical (unpaired) electrons. The molecule has 4 aromatic rings. The van der Waals surface area contributed by atoms with Gasteiger partial charge in [0.05, 0.1) is 5.69 Å². The number of hydrogen-bond acceptors (Lipinski definition) is 5. The molecule has 0 aliphatic carbocycles. The normalized spacial score (nSPS) is 12.2. The van der Waals surface area contributed by atoms with Crippen molar-refractivity contribution >= 4 is 29.3 Å². The summed E-state index contributed by atoms with van der Waals surface area (Å²) >= 11 is 6.58. The van der Waals surface area contributed by atoms with Gasteiger partial charge in [-0.1, -0.05) is 29.8 Å². The fourth-order valence-electron chi connectivity index (χ4n) is 4.39. The van der Waals surface area contributed by atoms with Gasteiger partial charge in [0.15, 0.2) is 0 Å². The first-order valence-electron chi connectivity index (χ1n) is 13.7. The molecule has 2 N–H and O–H groups in total. The summed E-state index contributed by atoms with van der Waals surface area (Å²) in [4.78, 5) is 38.5. The number of amides is 2. The molecule has 0 fully saturated rings. The predicted octanol–water partition coefficient (Wildman–Crippen LogP) is 6.22. The number of hydrogen-bond donors (Lipinski definition) is 2. The van der Waals surface area contributed by atoms with Crippen LogP contribution in [0.4, 0.5) is 10.5 Å². The van der Waals surface area contributed by atoms with E-state index in [9.17, 15) is 14.4 Å². The van der Waals surface area contributed by atoms with Crippen LogP contribution in [-0.2, 0) is 23.0 Å². The second-order valence-corrected chi connectivity index (χ2v) is 11.8. The molecule has 0 saturated heterocycles. The zero-order valence-electron chi connectivity index (χ0n) is 24.6. The van der Waals surface area contributed by atoms with Gasteiger partial charge in [-0.25, -0.2) is 4.79 Å². The van der Waals surface area contributed by atoms with Crippen molar-refractivity contribution in [2.45, 2.75) is 58.7 Å². The van der Waals surface area contributed by atoms with Crippen LogP contribution in [0.5, 0.6) is 0 Å². The Balaban J connectivity index is 1.60. The molecule has 2 amide bonds. The average Bonchev–Trinajstić information content (AvgIpc) is 3.35. The molecule has 2 heterocycles. The Morgan fingerprint density at radius 2 is 1.64 bits per heavy atom. The van der Waals surface area contributed by atoms with Gasteiger partial charge in [0, 0.05) is 54.2 Å². The van der Waals surface area contributed by atoms with Gasteiger partial charge in [-0.2, -0.15) is 5.10 Å². The van der Waals surface area contributed by atoms with Crippen LogP contribution in [0.3, 0.4) is 0 Å². The van der Waals surface area contributed by atoms with Gasteiger partial charge in [0.2, 0.25) is 5.91 Å². The van der Waals surface area contributed by atoms with E-state index >= 15 is 0 Å². The van der Waals surface area contributed by atoms with Crippen LogP contribution < -0.4 is 16.2 Å². The van der Waals surface area contributed by atoms with E-state index in [0.717, 1.165) is 22.4 Å². The lowest BCUT2D eigenvalue weighted by atomic mass is 9.99. The van der Waals surface area contributed by atoms with Crippen LogP contribution in [0, 0.1) is 0 Å². The molecule has 220 valence electrons. The number of aromatic nitrogens is 3. The molecule has 0 bridgehead atoms. The van der Waals surface area contributed by atoms with Crippen LogP contribution in [0.2, 0.25) is 5.02 Å². The highest BCUT2D eigenvalue weighted by atomic mass is 35.5. The van der Waals surface area contributed by atoms with Crippen LogP contribution in [0.15, 0.2) is 77.9 Å². The van der Waals surface area contributed by atoms with E-state index in [0.29, 0.717) is 16.3 Å². The first kappa shape index (κ1) is 30.6. The standard InChI is InChI=1S/C32H36ClN5O4/c1-20(2)38-19-23(10-14-29(38)39)22-9-13-26(33)24(17-22)18-28(35-31(41)42-32(3,4)5)30(40)34-25-11-7-21(8-12-25)27-15-16-37(6)36-27/h7-17,19-20,28H,18H2,1-6H3,(H,34,40)(H,35,41). The van der Waals surface area contributed by atoms with Gasteiger partial charge in [0.25, 0.3) is 5.56 Å². The summed E-state index contributed by atoms with van der Waals surface area (Å²) in [6, 6.07) is 17.0. The molecule has 4 rings (SSSR count). The fourth-order valence-corrected chi connectivity index (χ4v) is 4.59. The monoisotopic (exact) mass is 589 g/mol. The van der Waals surface area contributed by atoms with Gasteiger partial charge in [-0.15, -0.1) is 0 Å². The average molecular weight is 590 g/mol. The lowest BCUT2D eigenvalue weighted by molar-refractivity contribution is -0.118. The lowest BCUT2D eigenvalue weighted by Gasteiger charge is -2.24. The highest BCUT2D eigenvalue weighted by Crippen LogP contribution is 2.27. The van der Waals surface area contributed by atoms with Gasteiger partial charge in [0.1, 0.15) is 11.6 Å². The van der Waals surface area contributed by atoms with Gasteiger partial charge >= 0.3 is 6.09 Å². The zero-order valence-corrected chi connectivity index (χ0v) is 25.4. The Morgan fingerprint density at radius 1 is 0.976 bits per heavy atom. The molecule has 2 aromatic carbocycles. The van der Waals surface area contributed by atoms with E-state index < -0.39 is 23.6 Å². The molecule has 1 unspecified atom stereocenters. The number of nitrogens with zero attached hydrogens (tertiary/aromatic N) is 3. The number of alkyl carbamates (subject to hydrolysis) is 1. The van der Waals surface area contributed by atoms with Crippen molar-refractivity contribution in [3.8, 4) is 22.4 Å². The Bertz CT molecular complexity index is 1630. The number of carbonyl (C=O) groups excluding carboxylic acids is 2. The van der Waals surface area contributed by atoms with Crippen molar-refractivity contribution in [1.82, 2.24) is 19.7 Å². The van der Waals surface area contributed by atoms with Crippen LogP contribution >= 0.6 is 11.6 Å². The lowest BCUT2D eigenvalue weighted by Crippen LogP contribution is -2.47. The van der Waals surface area contributed by atoms with E-state index in [4.69, 9.17) is 16.3 Å². The number of rotatable bonds is 8. The Hall–Kier alpha value is -4.37. The molecule has 1 atom stereocenters. The van der Waals surface area contributed by atoms with Gasteiger partial charge < -0.3 is 19.9 Å². The summed E-state index contributed by atoms with van der Waals surface area (Å²) in [5.74, 6) is -0.429. The van der Waals surface area contributed by atoms with Crippen molar-refractivity contribution in [2.75, 3.05) is 5.32 Å². The van der Waals surface area contributed by atoms with E-state index in [1.165, 1.54) is 6.07 Å². The number of anilines is 1. The first-order chi connectivity index (χ1) is 19.8. The molecular formula is C32H36ClN5O4. The van der Waals surface area contributed by atoms with E-state index in [1.54, 1.807) is 60.5 Å². The number of ether oxygens (including phenoxy) is 1. The molecule has 0 spiro atoms. The quantitative estimate of drug-likeness (QED) is 0.253. The summed E-state index contributed by atoms with van der Waals surface area (Å²) < 4.78 is 8.82. The predicted molar refractivity (Wildman–Crippen MR) is 166 cm³/mol. The molecular weight excluding hydrogens is 554 g/mol. The van der Waals surface area contributed by atoms with E-state index in [1.807, 2.05) is 57.4 Å². The van der Waals surface area contributed by atoms with Crippen molar-refractivity contribution < 1.29 is 14.3 Å². The maximum atomic E-state index is 13.5. The molecule has 0 aliphatic heterocycles. The zero-order chi connectivity index (χ0) is 30.6. The number of halogens is 1. The molecule has 0 aliphatic rings. The van der Waals surface area contributed by atoms with Crippen LogP contribution in [-0.4, -0.2) is 38.0 Å². The number of aryl methyl sites for hydroxylation is 1. The number of carbonyl (C=O) groups is 2. The Morgan fingerprint density at radius 3 is 2.26 bits per heavy atom. The van der Waals surface area contributed by atoms with E-state index in [-0.39, 0.29) is 18.0 Å². The molecule has 10 heteroatoms. The Labute approximate surface area is 250 Å². The van der Waals surface area contributed by atoms with Crippen molar-refractivity contribution in [3.05, 3.63) is 94.0 Å². The topological polar surface area (TPSA) is 107 Å². The van der Waals surface area contributed by atoms with E-state index in [2.05, 4.69) is 15.7 Å².